The van der Waals surface area contributed by atoms with E-state index in [2.05, 4.69) is 10.3 Å². The molecule has 10 heavy (non-hydrogen) atoms. The van der Waals surface area contributed by atoms with Crippen molar-refractivity contribution in [3.05, 3.63) is 11.5 Å². The number of hydrogen-bond donors (Lipinski definition) is 2. The number of oxazole rings is 1. The summed E-state index contributed by atoms with van der Waals surface area (Å²) in [6.45, 7) is 3.66. The maximum absolute atomic E-state index is 6.56. The fraction of sp³-hybridized carbons (Fsp3) is 0.333. The van der Waals surface area contributed by atoms with E-state index in [-0.39, 0.29) is 0 Å². The Morgan fingerprint density at radius 2 is 2.30 bits per heavy atom. The smallest absolute Gasteiger partial charge is 0.300 e. The molecule has 0 unspecified atom stereocenters. The van der Waals surface area contributed by atoms with Crippen LogP contribution in [0.15, 0.2) is 4.42 Å². The van der Waals surface area contributed by atoms with E-state index in [1.54, 1.807) is 0 Å². The topological polar surface area (TPSA) is 61.9 Å². The summed E-state index contributed by atoms with van der Waals surface area (Å²) in [6.07, 6.45) is 1.97. The van der Waals surface area contributed by atoms with Crippen LogP contribution >= 0.6 is 0 Å². The maximum Gasteiger partial charge on any atom is 0.300 e. The quantitative estimate of drug-likeness (QED) is 0.366. The largest absolute Gasteiger partial charge is 0.429 e. The van der Waals surface area contributed by atoms with Gasteiger partial charge in [-0.25, -0.2) is 0 Å². The Labute approximate surface area is 58.8 Å². The SMILES string of the molecule is Cc1nc(N[C]=N)oc1C. The van der Waals surface area contributed by atoms with Crippen LogP contribution in [0.25, 0.3) is 0 Å². The van der Waals surface area contributed by atoms with Gasteiger partial charge in [0.15, 0.2) is 6.34 Å². The summed E-state index contributed by atoms with van der Waals surface area (Å²) in [5.41, 5.74) is 0.831. The molecule has 0 fully saturated rings. The summed E-state index contributed by atoms with van der Waals surface area (Å²) < 4.78 is 5.05. The molecule has 1 rings (SSSR count). The van der Waals surface area contributed by atoms with E-state index in [1.165, 1.54) is 0 Å². The fourth-order valence-electron chi connectivity index (χ4n) is 0.580. The zero-order valence-electron chi connectivity index (χ0n) is 5.86. The molecule has 1 radical (unpaired) electrons. The molecule has 0 atom stereocenters. The lowest BCUT2D eigenvalue weighted by Crippen LogP contribution is -1.91. The zero-order valence-corrected chi connectivity index (χ0v) is 5.86. The third kappa shape index (κ3) is 1.15. The Morgan fingerprint density at radius 1 is 1.60 bits per heavy atom. The van der Waals surface area contributed by atoms with Gasteiger partial charge in [-0.3, -0.25) is 10.7 Å². The summed E-state index contributed by atoms with van der Waals surface area (Å²) in [5, 5.41) is 8.97. The number of aryl methyl sites for hydroxylation is 2. The van der Waals surface area contributed by atoms with Gasteiger partial charge in [0, 0.05) is 0 Å². The second kappa shape index (κ2) is 2.51. The van der Waals surface area contributed by atoms with Crippen molar-refractivity contribution in [3.8, 4) is 0 Å². The van der Waals surface area contributed by atoms with Crippen LogP contribution in [0.5, 0.6) is 0 Å². The number of rotatable bonds is 2. The van der Waals surface area contributed by atoms with Crippen molar-refractivity contribution < 1.29 is 4.42 Å². The predicted octanol–water partition coefficient (Wildman–Crippen LogP) is 1.19. The van der Waals surface area contributed by atoms with Gasteiger partial charge in [-0.15, -0.1) is 0 Å². The highest BCUT2D eigenvalue weighted by molar-refractivity contribution is 5.68. The molecule has 0 spiro atoms. The minimum absolute atomic E-state index is 0.324. The van der Waals surface area contributed by atoms with Crippen molar-refractivity contribution in [1.82, 2.24) is 4.98 Å². The Morgan fingerprint density at radius 3 is 2.70 bits per heavy atom. The van der Waals surface area contributed by atoms with E-state index in [0.29, 0.717) is 6.01 Å². The van der Waals surface area contributed by atoms with Gasteiger partial charge in [0.2, 0.25) is 0 Å². The molecule has 0 aromatic carbocycles. The van der Waals surface area contributed by atoms with E-state index >= 15 is 0 Å². The van der Waals surface area contributed by atoms with Crippen LogP contribution in [0.2, 0.25) is 0 Å². The fourth-order valence-corrected chi connectivity index (χ4v) is 0.580. The molecule has 0 bridgehead atoms. The third-order valence-electron chi connectivity index (χ3n) is 1.20. The van der Waals surface area contributed by atoms with Gasteiger partial charge >= 0.3 is 6.01 Å². The van der Waals surface area contributed by atoms with Crippen molar-refractivity contribution in [2.45, 2.75) is 13.8 Å². The predicted molar refractivity (Wildman–Crippen MR) is 37.3 cm³/mol. The molecule has 0 aliphatic heterocycles. The first-order valence-electron chi connectivity index (χ1n) is 2.86. The highest BCUT2D eigenvalue weighted by Crippen LogP contribution is 2.11. The molecule has 0 saturated heterocycles. The number of nitrogens with zero attached hydrogens (tertiary/aromatic N) is 1. The van der Waals surface area contributed by atoms with E-state index in [4.69, 9.17) is 9.83 Å². The summed E-state index contributed by atoms with van der Waals surface area (Å²) >= 11 is 0. The number of nitrogens with one attached hydrogen (secondary N) is 2. The molecule has 1 heterocycles. The monoisotopic (exact) mass is 138 g/mol. The minimum atomic E-state index is 0.324. The zero-order chi connectivity index (χ0) is 7.56. The van der Waals surface area contributed by atoms with Crippen molar-refractivity contribution in [1.29, 1.82) is 5.41 Å². The first-order valence-corrected chi connectivity index (χ1v) is 2.86. The van der Waals surface area contributed by atoms with Crippen LogP contribution in [0.1, 0.15) is 11.5 Å². The van der Waals surface area contributed by atoms with Crippen molar-refractivity contribution in [3.63, 3.8) is 0 Å². The molecule has 0 aliphatic rings. The second-order valence-corrected chi connectivity index (χ2v) is 1.91. The van der Waals surface area contributed by atoms with Gasteiger partial charge in [0.1, 0.15) is 5.76 Å². The summed E-state index contributed by atoms with van der Waals surface area (Å²) in [7, 11) is 0. The van der Waals surface area contributed by atoms with Crippen LogP contribution in [0, 0.1) is 19.3 Å². The van der Waals surface area contributed by atoms with E-state index in [0.717, 1.165) is 11.5 Å². The molecule has 0 amide bonds. The standard InChI is InChI=1S/C6H8N3O/c1-4-5(2)10-6(9-4)8-3-7/h1-2H3,(H2,7,8,9). The van der Waals surface area contributed by atoms with Crippen LogP contribution in [0.3, 0.4) is 0 Å². The number of aromatic nitrogens is 1. The van der Waals surface area contributed by atoms with E-state index in [9.17, 15) is 0 Å². The molecule has 53 valence electrons. The number of anilines is 1. The molecule has 2 N–H and O–H groups in total. The molecular formula is C6H8N3O. The van der Waals surface area contributed by atoms with Crippen LogP contribution in [0.4, 0.5) is 6.01 Å². The normalized spacial score (nSPS) is 9.40. The lowest BCUT2D eigenvalue weighted by Gasteiger charge is -1.84. The van der Waals surface area contributed by atoms with Gasteiger partial charge < -0.3 is 4.42 Å². The average molecular weight is 138 g/mol. The van der Waals surface area contributed by atoms with Crippen molar-refractivity contribution in [2.75, 3.05) is 5.32 Å². The highest BCUT2D eigenvalue weighted by Gasteiger charge is 2.01. The first kappa shape index (κ1) is 6.80. The van der Waals surface area contributed by atoms with Gasteiger partial charge in [0.25, 0.3) is 0 Å². The van der Waals surface area contributed by atoms with Crippen LogP contribution in [-0.2, 0) is 0 Å². The van der Waals surface area contributed by atoms with Crippen molar-refractivity contribution in [2.24, 2.45) is 0 Å². The highest BCUT2D eigenvalue weighted by atomic mass is 16.4. The lowest BCUT2D eigenvalue weighted by molar-refractivity contribution is 0.545. The van der Waals surface area contributed by atoms with Gasteiger partial charge in [-0.05, 0) is 13.8 Å². The minimum Gasteiger partial charge on any atom is -0.429 e. The second-order valence-electron chi connectivity index (χ2n) is 1.91. The summed E-state index contributed by atoms with van der Waals surface area (Å²) in [4.78, 5) is 3.94. The molecular weight excluding hydrogens is 130 g/mol. The molecule has 4 heteroatoms. The number of hydrogen-bond acceptors (Lipinski definition) is 3. The molecule has 1 aromatic heterocycles. The molecule has 0 aliphatic carbocycles. The molecule has 1 aromatic rings. The van der Waals surface area contributed by atoms with Gasteiger partial charge in [0.05, 0.1) is 5.69 Å². The Bertz CT molecular complexity index is 222. The Balaban J connectivity index is 2.86. The lowest BCUT2D eigenvalue weighted by atomic mass is 10.4. The van der Waals surface area contributed by atoms with Gasteiger partial charge in [-0.1, -0.05) is 0 Å². The van der Waals surface area contributed by atoms with E-state index < -0.39 is 0 Å². The molecule has 4 nitrogen and oxygen atoms in total. The van der Waals surface area contributed by atoms with Crippen LogP contribution in [-0.4, -0.2) is 11.3 Å². The maximum atomic E-state index is 6.56. The van der Waals surface area contributed by atoms with E-state index in [1.807, 2.05) is 20.2 Å². The average Bonchev–Trinajstić information content (AvgIpc) is 2.14. The third-order valence-corrected chi connectivity index (χ3v) is 1.20. The summed E-state index contributed by atoms with van der Waals surface area (Å²) in [6, 6.07) is 0.324. The first-order chi connectivity index (χ1) is 4.74. The molecule has 0 saturated carbocycles. The van der Waals surface area contributed by atoms with Crippen LogP contribution < -0.4 is 5.32 Å². The van der Waals surface area contributed by atoms with Crippen molar-refractivity contribution >= 4 is 12.4 Å². The Hall–Kier alpha value is -1.32. The Kier molecular flexibility index (Phi) is 1.71. The summed E-state index contributed by atoms with van der Waals surface area (Å²) in [5.74, 6) is 0.762. The van der Waals surface area contributed by atoms with Gasteiger partial charge in [-0.2, -0.15) is 4.98 Å².